The Bertz CT molecular complexity index is 431. The Hall–Kier alpha value is -1.62. The quantitative estimate of drug-likeness (QED) is 0.612. The first-order valence-corrected chi connectivity index (χ1v) is 6.30. The maximum absolute atomic E-state index is 7.59. The summed E-state index contributed by atoms with van der Waals surface area (Å²) in [4.78, 5) is 8.84. The molecule has 1 atom stereocenters. The monoisotopic (exact) mass is 247 g/mol. The standard InChI is InChI=1S/C13H21N5/c1-17-8-4-5-10(17)9-18(2)13-11(12(14)15)6-3-7-16-13/h3,6-7,10H,4-5,8-9H2,1-2H3,(H3,14,15). The first-order chi connectivity index (χ1) is 8.59. The van der Waals surface area contributed by atoms with Crippen LogP contribution >= 0.6 is 0 Å². The Balaban J connectivity index is 2.13. The number of hydrogen-bond acceptors (Lipinski definition) is 4. The van der Waals surface area contributed by atoms with Crippen LogP contribution in [0.25, 0.3) is 0 Å². The summed E-state index contributed by atoms with van der Waals surface area (Å²) in [6.07, 6.45) is 4.23. The first kappa shape index (κ1) is 12.8. The molecule has 0 spiro atoms. The van der Waals surface area contributed by atoms with E-state index in [4.69, 9.17) is 11.1 Å². The van der Waals surface area contributed by atoms with E-state index < -0.39 is 0 Å². The fraction of sp³-hybridized carbons (Fsp3) is 0.538. The number of nitrogens with zero attached hydrogens (tertiary/aromatic N) is 3. The van der Waals surface area contributed by atoms with Gasteiger partial charge in [0, 0.05) is 25.8 Å². The van der Waals surface area contributed by atoms with E-state index in [0.29, 0.717) is 11.6 Å². The molecule has 5 nitrogen and oxygen atoms in total. The van der Waals surface area contributed by atoms with Crippen molar-refractivity contribution in [1.29, 1.82) is 5.41 Å². The fourth-order valence-electron chi connectivity index (χ4n) is 2.52. The van der Waals surface area contributed by atoms with Crippen LogP contribution in [0.3, 0.4) is 0 Å². The van der Waals surface area contributed by atoms with Crippen molar-refractivity contribution in [2.24, 2.45) is 5.73 Å². The summed E-state index contributed by atoms with van der Waals surface area (Å²) in [5.41, 5.74) is 6.30. The minimum atomic E-state index is 0.0738. The van der Waals surface area contributed by atoms with E-state index in [9.17, 15) is 0 Å². The predicted molar refractivity (Wildman–Crippen MR) is 74.2 cm³/mol. The van der Waals surface area contributed by atoms with E-state index in [1.165, 1.54) is 19.4 Å². The summed E-state index contributed by atoms with van der Waals surface area (Å²) in [6, 6.07) is 4.23. The number of likely N-dealkylation sites (tertiary alicyclic amines) is 1. The molecule has 0 saturated carbocycles. The van der Waals surface area contributed by atoms with E-state index >= 15 is 0 Å². The second kappa shape index (κ2) is 5.35. The molecule has 3 N–H and O–H groups in total. The summed E-state index contributed by atoms with van der Waals surface area (Å²) in [5.74, 6) is 0.870. The van der Waals surface area contributed by atoms with Crippen molar-refractivity contribution < 1.29 is 0 Å². The van der Waals surface area contributed by atoms with Gasteiger partial charge in [-0.25, -0.2) is 4.98 Å². The molecule has 98 valence electrons. The van der Waals surface area contributed by atoms with Gasteiger partial charge in [0.15, 0.2) is 0 Å². The Kier molecular flexibility index (Phi) is 3.81. The van der Waals surface area contributed by atoms with E-state index in [1.807, 2.05) is 19.2 Å². The number of pyridine rings is 1. The van der Waals surface area contributed by atoms with Gasteiger partial charge in [0.2, 0.25) is 0 Å². The van der Waals surface area contributed by atoms with Gasteiger partial charge in [0.1, 0.15) is 11.7 Å². The summed E-state index contributed by atoms with van der Waals surface area (Å²) >= 11 is 0. The second-order valence-electron chi connectivity index (χ2n) is 4.95. The highest BCUT2D eigenvalue weighted by Crippen LogP contribution is 2.20. The second-order valence-corrected chi connectivity index (χ2v) is 4.95. The maximum Gasteiger partial charge on any atom is 0.139 e. The van der Waals surface area contributed by atoms with E-state index in [1.54, 1.807) is 6.20 Å². The third kappa shape index (κ3) is 2.61. The highest BCUT2D eigenvalue weighted by Gasteiger charge is 2.23. The molecule has 1 saturated heterocycles. The molecule has 0 aromatic carbocycles. The topological polar surface area (TPSA) is 69.2 Å². The zero-order valence-corrected chi connectivity index (χ0v) is 11.1. The maximum atomic E-state index is 7.59. The van der Waals surface area contributed by atoms with Crippen molar-refractivity contribution in [2.45, 2.75) is 18.9 Å². The van der Waals surface area contributed by atoms with Gasteiger partial charge < -0.3 is 15.5 Å². The molecule has 0 radical (unpaired) electrons. The molecule has 2 rings (SSSR count). The molecule has 0 aliphatic carbocycles. The summed E-state index contributed by atoms with van der Waals surface area (Å²) in [5, 5.41) is 7.59. The third-order valence-corrected chi connectivity index (χ3v) is 3.59. The highest BCUT2D eigenvalue weighted by atomic mass is 15.2. The van der Waals surface area contributed by atoms with Gasteiger partial charge in [-0.2, -0.15) is 0 Å². The molecule has 1 aliphatic heterocycles. The molecule has 1 unspecified atom stereocenters. The van der Waals surface area contributed by atoms with Crippen LogP contribution in [0.2, 0.25) is 0 Å². The molecule has 1 aromatic heterocycles. The van der Waals surface area contributed by atoms with Gasteiger partial charge in [-0.3, -0.25) is 5.41 Å². The van der Waals surface area contributed by atoms with Crippen molar-refractivity contribution >= 4 is 11.7 Å². The number of anilines is 1. The van der Waals surface area contributed by atoms with Crippen molar-refractivity contribution in [2.75, 3.05) is 32.1 Å². The fourth-order valence-corrected chi connectivity index (χ4v) is 2.52. The van der Waals surface area contributed by atoms with Crippen LogP contribution in [0.15, 0.2) is 18.3 Å². The Morgan fingerprint density at radius 2 is 2.44 bits per heavy atom. The minimum Gasteiger partial charge on any atom is -0.384 e. The molecular formula is C13H21N5. The van der Waals surface area contributed by atoms with Crippen molar-refractivity contribution in [3.05, 3.63) is 23.9 Å². The lowest BCUT2D eigenvalue weighted by Gasteiger charge is -2.27. The summed E-state index contributed by atoms with van der Waals surface area (Å²) in [6.45, 7) is 2.09. The van der Waals surface area contributed by atoms with Gasteiger partial charge >= 0.3 is 0 Å². The molecule has 2 heterocycles. The van der Waals surface area contributed by atoms with Crippen molar-refractivity contribution in [1.82, 2.24) is 9.88 Å². The molecule has 1 aliphatic rings. The Labute approximate surface area is 108 Å². The number of amidine groups is 1. The number of nitrogens with one attached hydrogen (secondary N) is 1. The predicted octanol–water partition coefficient (Wildman–Crippen LogP) is 0.896. The number of aromatic nitrogens is 1. The van der Waals surface area contributed by atoms with E-state index in [0.717, 1.165) is 12.4 Å². The van der Waals surface area contributed by atoms with Gasteiger partial charge in [0.25, 0.3) is 0 Å². The number of nitrogen functional groups attached to an aromatic ring is 1. The van der Waals surface area contributed by atoms with Crippen molar-refractivity contribution in [3.8, 4) is 0 Å². The van der Waals surface area contributed by atoms with Crippen LogP contribution in [0.4, 0.5) is 5.82 Å². The van der Waals surface area contributed by atoms with Crippen LogP contribution < -0.4 is 10.6 Å². The molecule has 1 aromatic rings. The SMILES string of the molecule is CN(CC1CCCN1C)c1ncccc1C(=N)N. The third-order valence-electron chi connectivity index (χ3n) is 3.59. The van der Waals surface area contributed by atoms with Gasteiger partial charge in [-0.15, -0.1) is 0 Å². The van der Waals surface area contributed by atoms with Gasteiger partial charge in [-0.05, 0) is 38.6 Å². The molecule has 18 heavy (non-hydrogen) atoms. The van der Waals surface area contributed by atoms with Gasteiger partial charge in [-0.1, -0.05) is 0 Å². The average molecular weight is 247 g/mol. The molecule has 0 amide bonds. The molecule has 1 fully saturated rings. The molecule has 0 bridgehead atoms. The summed E-state index contributed by atoms with van der Waals surface area (Å²) in [7, 11) is 4.18. The number of nitrogens with two attached hydrogens (primary N) is 1. The van der Waals surface area contributed by atoms with Crippen LogP contribution in [0.1, 0.15) is 18.4 Å². The highest BCUT2D eigenvalue weighted by molar-refractivity contribution is 5.99. The zero-order chi connectivity index (χ0) is 13.1. The molecular weight excluding hydrogens is 226 g/mol. The van der Waals surface area contributed by atoms with Crippen LogP contribution in [-0.2, 0) is 0 Å². The van der Waals surface area contributed by atoms with E-state index in [-0.39, 0.29) is 5.84 Å². The van der Waals surface area contributed by atoms with Crippen LogP contribution in [-0.4, -0.2) is 48.9 Å². The van der Waals surface area contributed by atoms with Crippen LogP contribution in [0, 0.1) is 5.41 Å². The number of hydrogen-bond donors (Lipinski definition) is 2. The normalized spacial score (nSPS) is 20.0. The Morgan fingerprint density at radius 3 is 3.06 bits per heavy atom. The average Bonchev–Trinajstić information content (AvgIpc) is 2.75. The number of rotatable bonds is 4. The van der Waals surface area contributed by atoms with Crippen LogP contribution in [0.5, 0.6) is 0 Å². The Morgan fingerprint density at radius 1 is 1.67 bits per heavy atom. The minimum absolute atomic E-state index is 0.0738. The van der Waals surface area contributed by atoms with Crippen molar-refractivity contribution in [3.63, 3.8) is 0 Å². The summed E-state index contributed by atoms with van der Waals surface area (Å²) < 4.78 is 0. The number of likely N-dealkylation sites (N-methyl/N-ethyl adjacent to an activating group) is 2. The lowest BCUT2D eigenvalue weighted by Crippen LogP contribution is -2.37. The first-order valence-electron chi connectivity index (χ1n) is 6.30. The van der Waals surface area contributed by atoms with Gasteiger partial charge in [0.05, 0.1) is 5.56 Å². The lowest BCUT2D eigenvalue weighted by atomic mass is 10.2. The van der Waals surface area contributed by atoms with E-state index in [2.05, 4.69) is 21.8 Å². The smallest absolute Gasteiger partial charge is 0.139 e. The lowest BCUT2D eigenvalue weighted by molar-refractivity contribution is 0.314. The zero-order valence-electron chi connectivity index (χ0n) is 11.1. The molecule has 5 heteroatoms. The largest absolute Gasteiger partial charge is 0.384 e.